The van der Waals surface area contributed by atoms with Gasteiger partial charge in [0.05, 0.1) is 5.69 Å². The second kappa shape index (κ2) is 6.35. The van der Waals surface area contributed by atoms with Crippen LogP contribution in [0.2, 0.25) is 0 Å². The highest BCUT2D eigenvalue weighted by Gasteiger charge is 2.29. The highest BCUT2D eigenvalue weighted by Crippen LogP contribution is 2.36. The minimum Gasteiger partial charge on any atom is -0.308 e. The third kappa shape index (κ3) is 3.30. The van der Waals surface area contributed by atoms with Gasteiger partial charge in [0.1, 0.15) is 5.82 Å². The highest BCUT2D eigenvalue weighted by atomic mass is 19.1. The van der Waals surface area contributed by atoms with E-state index in [0.29, 0.717) is 12.0 Å². The van der Waals surface area contributed by atoms with Crippen LogP contribution >= 0.6 is 0 Å². The molecule has 0 amide bonds. The van der Waals surface area contributed by atoms with Crippen LogP contribution in [0.1, 0.15) is 42.5 Å². The molecule has 1 N–H and O–H groups in total. The molecular formula is C18H21FN2. The summed E-state index contributed by atoms with van der Waals surface area (Å²) < 4.78 is 12.9. The molecule has 0 unspecified atom stereocenters. The molecule has 3 heteroatoms. The van der Waals surface area contributed by atoms with E-state index in [4.69, 9.17) is 0 Å². The lowest BCUT2D eigenvalue weighted by Gasteiger charge is -2.36. The fraction of sp³-hybridized carbons (Fsp3) is 0.389. The van der Waals surface area contributed by atoms with Crippen LogP contribution in [0, 0.1) is 5.82 Å². The van der Waals surface area contributed by atoms with Crippen molar-refractivity contribution in [3.05, 3.63) is 65.2 Å². The van der Waals surface area contributed by atoms with E-state index in [1.807, 2.05) is 24.4 Å². The first-order valence-electron chi connectivity index (χ1n) is 7.68. The topological polar surface area (TPSA) is 24.9 Å². The van der Waals surface area contributed by atoms with E-state index in [9.17, 15) is 4.39 Å². The van der Waals surface area contributed by atoms with Gasteiger partial charge in [-0.2, -0.15) is 0 Å². The van der Waals surface area contributed by atoms with Gasteiger partial charge in [0.15, 0.2) is 0 Å². The summed E-state index contributed by atoms with van der Waals surface area (Å²) >= 11 is 0. The lowest BCUT2D eigenvalue weighted by Crippen LogP contribution is -2.39. The van der Waals surface area contributed by atoms with E-state index in [1.165, 1.54) is 11.1 Å². The molecule has 1 aliphatic rings. The zero-order chi connectivity index (χ0) is 14.7. The smallest absolute Gasteiger partial charge is 0.123 e. The molecule has 0 saturated heterocycles. The summed E-state index contributed by atoms with van der Waals surface area (Å²) in [5.74, 6) is 0.410. The molecule has 0 radical (unpaired) electrons. The van der Waals surface area contributed by atoms with Crippen molar-refractivity contribution in [1.29, 1.82) is 0 Å². The molecule has 0 atom stereocenters. The van der Waals surface area contributed by atoms with Crippen molar-refractivity contribution >= 4 is 0 Å². The quantitative estimate of drug-likeness (QED) is 0.903. The maximum absolute atomic E-state index is 12.9. The molecule has 1 heterocycles. The minimum absolute atomic E-state index is 0.157. The Morgan fingerprint density at radius 1 is 1.19 bits per heavy atom. The van der Waals surface area contributed by atoms with Crippen LogP contribution in [-0.2, 0) is 13.0 Å². The Morgan fingerprint density at radius 2 is 1.95 bits per heavy atom. The van der Waals surface area contributed by atoms with Gasteiger partial charge < -0.3 is 5.32 Å². The van der Waals surface area contributed by atoms with Crippen molar-refractivity contribution in [3.8, 4) is 0 Å². The summed E-state index contributed by atoms with van der Waals surface area (Å²) in [6.07, 6.45) is 5.13. The number of hydrogen-bond acceptors (Lipinski definition) is 2. The van der Waals surface area contributed by atoms with Gasteiger partial charge in [-0.3, -0.25) is 4.98 Å². The molecule has 1 aliphatic carbocycles. The van der Waals surface area contributed by atoms with Gasteiger partial charge in [0.2, 0.25) is 0 Å². The first kappa shape index (κ1) is 14.2. The predicted octanol–water partition coefficient (Wildman–Crippen LogP) is 3.82. The Kier molecular flexibility index (Phi) is 4.30. The Morgan fingerprint density at radius 3 is 2.67 bits per heavy atom. The van der Waals surface area contributed by atoms with Crippen molar-refractivity contribution in [1.82, 2.24) is 10.3 Å². The number of aromatic nitrogens is 1. The SMILES string of the molecule is CCc1cccnc1CNC1CC(c2ccc(F)cc2)C1. The fourth-order valence-electron chi connectivity index (χ4n) is 2.99. The lowest BCUT2D eigenvalue weighted by molar-refractivity contribution is 0.288. The average Bonchev–Trinajstić information content (AvgIpc) is 2.48. The second-order valence-corrected chi connectivity index (χ2v) is 5.76. The molecule has 3 rings (SSSR count). The number of nitrogens with zero attached hydrogens (tertiary/aromatic N) is 1. The Hall–Kier alpha value is -1.74. The maximum atomic E-state index is 12.9. The normalized spacial score (nSPS) is 21.0. The number of halogens is 1. The van der Waals surface area contributed by atoms with Crippen molar-refractivity contribution in [2.45, 2.75) is 44.7 Å². The van der Waals surface area contributed by atoms with Crippen molar-refractivity contribution in [2.75, 3.05) is 0 Å². The van der Waals surface area contributed by atoms with Crippen LogP contribution in [0.5, 0.6) is 0 Å². The molecule has 1 fully saturated rings. The third-order valence-corrected chi connectivity index (χ3v) is 4.40. The molecule has 2 aromatic rings. The van der Waals surface area contributed by atoms with E-state index < -0.39 is 0 Å². The summed E-state index contributed by atoms with van der Waals surface area (Å²) in [5.41, 5.74) is 3.73. The average molecular weight is 284 g/mol. The molecule has 0 spiro atoms. The monoisotopic (exact) mass is 284 g/mol. The maximum Gasteiger partial charge on any atom is 0.123 e. The van der Waals surface area contributed by atoms with E-state index in [0.717, 1.165) is 31.5 Å². The summed E-state index contributed by atoms with van der Waals surface area (Å²) in [4.78, 5) is 4.46. The first-order chi connectivity index (χ1) is 10.3. The van der Waals surface area contributed by atoms with Gasteiger partial charge in [-0.25, -0.2) is 4.39 Å². The number of aryl methyl sites for hydroxylation is 1. The summed E-state index contributed by atoms with van der Waals surface area (Å²) in [6.45, 7) is 3.00. The van der Waals surface area contributed by atoms with Crippen LogP contribution < -0.4 is 5.32 Å². The van der Waals surface area contributed by atoms with Gasteiger partial charge >= 0.3 is 0 Å². The molecule has 1 saturated carbocycles. The van der Waals surface area contributed by atoms with Crippen LogP contribution in [0.15, 0.2) is 42.6 Å². The molecule has 0 aliphatic heterocycles. The molecule has 21 heavy (non-hydrogen) atoms. The van der Waals surface area contributed by atoms with E-state index in [2.05, 4.69) is 23.3 Å². The first-order valence-corrected chi connectivity index (χ1v) is 7.68. The minimum atomic E-state index is -0.157. The number of rotatable bonds is 5. The van der Waals surface area contributed by atoms with Gasteiger partial charge in [0, 0.05) is 18.8 Å². The molecule has 1 aromatic heterocycles. The van der Waals surface area contributed by atoms with Crippen LogP contribution in [0.25, 0.3) is 0 Å². The van der Waals surface area contributed by atoms with E-state index in [1.54, 1.807) is 12.1 Å². The number of pyridine rings is 1. The van der Waals surface area contributed by atoms with Gasteiger partial charge in [-0.05, 0) is 54.5 Å². The van der Waals surface area contributed by atoms with Gasteiger partial charge in [-0.1, -0.05) is 25.1 Å². The van der Waals surface area contributed by atoms with Crippen molar-refractivity contribution in [2.24, 2.45) is 0 Å². The van der Waals surface area contributed by atoms with Gasteiger partial charge in [0.25, 0.3) is 0 Å². The van der Waals surface area contributed by atoms with Crippen molar-refractivity contribution in [3.63, 3.8) is 0 Å². The van der Waals surface area contributed by atoms with E-state index in [-0.39, 0.29) is 5.82 Å². The summed E-state index contributed by atoms with van der Waals surface area (Å²) in [5, 5.41) is 3.58. The molecule has 1 aromatic carbocycles. The number of benzene rings is 1. The Labute approximate surface area is 125 Å². The van der Waals surface area contributed by atoms with Gasteiger partial charge in [-0.15, -0.1) is 0 Å². The highest BCUT2D eigenvalue weighted by molar-refractivity contribution is 5.24. The van der Waals surface area contributed by atoms with Crippen LogP contribution in [-0.4, -0.2) is 11.0 Å². The number of nitrogens with one attached hydrogen (secondary N) is 1. The third-order valence-electron chi connectivity index (χ3n) is 4.40. The zero-order valence-corrected chi connectivity index (χ0v) is 12.3. The molecular weight excluding hydrogens is 263 g/mol. The summed E-state index contributed by atoms with van der Waals surface area (Å²) in [7, 11) is 0. The van der Waals surface area contributed by atoms with Crippen LogP contribution in [0.4, 0.5) is 4.39 Å². The van der Waals surface area contributed by atoms with E-state index >= 15 is 0 Å². The molecule has 2 nitrogen and oxygen atoms in total. The number of hydrogen-bond donors (Lipinski definition) is 1. The Balaban J connectivity index is 1.50. The predicted molar refractivity (Wildman–Crippen MR) is 82.6 cm³/mol. The van der Waals surface area contributed by atoms with Crippen molar-refractivity contribution < 1.29 is 4.39 Å². The molecule has 0 bridgehead atoms. The fourth-order valence-corrected chi connectivity index (χ4v) is 2.99. The van der Waals surface area contributed by atoms with Crippen LogP contribution in [0.3, 0.4) is 0 Å². The summed E-state index contributed by atoms with van der Waals surface area (Å²) in [6, 6.07) is 11.6. The Bertz CT molecular complexity index is 588. The zero-order valence-electron chi connectivity index (χ0n) is 12.3. The standard InChI is InChI=1S/C18H21FN2/c1-2-13-4-3-9-20-18(13)12-21-17-10-15(11-17)14-5-7-16(19)8-6-14/h3-9,15,17,21H,2,10-12H2,1H3. The second-order valence-electron chi connectivity index (χ2n) is 5.76. The lowest BCUT2D eigenvalue weighted by atomic mass is 9.76. The largest absolute Gasteiger partial charge is 0.308 e. The molecule has 110 valence electrons.